The summed E-state index contributed by atoms with van der Waals surface area (Å²) in [4.78, 5) is 11.3. The van der Waals surface area contributed by atoms with Gasteiger partial charge in [-0.05, 0) is 62.2 Å². The number of esters is 1. The summed E-state index contributed by atoms with van der Waals surface area (Å²) < 4.78 is 5.42. The summed E-state index contributed by atoms with van der Waals surface area (Å²) >= 11 is 0. The Balaban J connectivity index is 1.92. The first-order valence-corrected chi connectivity index (χ1v) is 8.06. The van der Waals surface area contributed by atoms with E-state index in [9.17, 15) is 9.90 Å². The molecule has 0 radical (unpaired) electrons. The minimum atomic E-state index is -0.602. The molecule has 1 N–H and O–H groups in total. The summed E-state index contributed by atoms with van der Waals surface area (Å²) in [5.41, 5.74) is -0.234. The normalized spacial score (nSPS) is 49.0. The highest BCUT2D eigenvalue weighted by atomic mass is 16.5. The van der Waals surface area contributed by atoms with Gasteiger partial charge in [0.25, 0.3) is 0 Å². The highest BCUT2D eigenvalue weighted by molar-refractivity contribution is 5.65. The summed E-state index contributed by atoms with van der Waals surface area (Å²) in [7, 11) is 0. The van der Waals surface area contributed by atoms with Gasteiger partial charge in [-0.3, -0.25) is 4.79 Å². The van der Waals surface area contributed by atoms with Crippen molar-refractivity contribution in [3.8, 4) is 0 Å². The quantitative estimate of drug-likeness (QED) is 0.790. The van der Waals surface area contributed by atoms with Crippen molar-refractivity contribution in [2.45, 2.75) is 65.4 Å². The van der Waals surface area contributed by atoms with Crippen molar-refractivity contribution in [2.75, 3.05) is 6.61 Å². The molecule has 3 heteroatoms. The number of fused-ring (bicyclic) bond motifs is 3. The lowest BCUT2D eigenvalue weighted by Gasteiger charge is -2.53. The molecule has 0 aromatic heterocycles. The van der Waals surface area contributed by atoms with Crippen LogP contribution in [0.5, 0.6) is 0 Å². The molecule has 3 fully saturated rings. The van der Waals surface area contributed by atoms with Crippen molar-refractivity contribution in [1.82, 2.24) is 0 Å². The predicted octanol–water partition coefficient (Wildman–Crippen LogP) is 3.15. The lowest BCUT2D eigenvalue weighted by Crippen LogP contribution is -2.54. The van der Waals surface area contributed by atoms with Gasteiger partial charge < -0.3 is 9.84 Å². The molecule has 0 bridgehead atoms. The highest BCUT2D eigenvalue weighted by Gasteiger charge is 2.71. The zero-order valence-corrected chi connectivity index (χ0v) is 13.2. The standard InChI is InChI=1S/C17H28O3/c1-11(18)20-10-17-8-5-7-16(4,19)14(17)13-12(6-9-17)15(13,2)3/h12-14,19H,5-10H2,1-4H3/t12-,13-,14-,16+,17+/m1/s1. The van der Waals surface area contributed by atoms with Gasteiger partial charge in [0.2, 0.25) is 0 Å². The molecule has 0 aliphatic heterocycles. The first-order valence-electron chi connectivity index (χ1n) is 8.06. The van der Waals surface area contributed by atoms with E-state index in [0.29, 0.717) is 17.9 Å². The van der Waals surface area contributed by atoms with Crippen molar-refractivity contribution < 1.29 is 14.6 Å². The second kappa shape index (κ2) is 4.22. The van der Waals surface area contributed by atoms with Gasteiger partial charge in [0, 0.05) is 12.3 Å². The number of aliphatic hydroxyl groups is 1. The minimum absolute atomic E-state index is 0.0162. The molecule has 0 aromatic carbocycles. The van der Waals surface area contributed by atoms with Gasteiger partial charge in [0.15, 0.2) is 0 Å². The third-order valence-electron chi connectivity index (χ3n) is 6.70. The minimum Gasteiger partial charge on any atom is -0.465 e. The van der Waals surface area contributed by atoms with E-state index < -0.39 is 5.60 Å². The van der Waals surface area contributed by atoms with Gasteiger partial charge in [-0.1, -0.05) is 13.8 Å². The number of ether oxygens (including phenoxy) is 1. The summed E-state index contributed by atoms with van der Waals surface area (Å²) in [6, 6.07) is 0. The Morgan fingerprint density at radius 3 is 2.60 bits per heavy atom. The van der Waals surface area contributed by atoms with Crippen molar-refractivity contribution >= 4 is 5.97 Å². The second-order valence-electron chi connectivity index (χ2n) is 8.32. The van der Waals surface area contributed by atoms with Crippen molar-refractivity contribution in [3.05, 3.63) is 0 Å². The second-order valence-corrected chi connectivity index (χ2v) is 8.32. The predicted molar refractivity (Wildman–Crippen MR) is 77.0 cm³/mol. The molecule has 0 spiro atoms. The molecule has 0 heterocycles. The van der Waals surface area contributed by atoms with E-state index in [1.807, 2.05) is 6.92 Å². The molecule has 0 unspecified atom stereocenters. The molecular weight excluding hydrogens is 252 g/mol. The average molecular weight is 280 g/mol. The van der Waals surface area contributed by atoms with E-state index in [-0.39, 0.29) is 17.3 Å². The molecule has 5 atom stereocenters. The average Bonchev–Trinajstić information content (AvgIpc) is 2.88. The number of carbonyl (C=O) groups is 1. The Morgan fingerprint density at radius 2 is 1.95 bits per heavy atom. The van der Waals surface area contributed by atoms with Crippen molar-refractivity contribution in [3.63, 3.8) is 0 Å². The van der Waals surface area contributed by atoms with Crippen molar-refractivity contribution in [1.29, 1.82) is 0 Å². The summed E-state index contributed by atoms with van der Waals surface area (Å²) in [6.45, 7) is 8.68. The van der Waals surface area contributed by atoms with Crippen LogP contribution in [0.3, 0.4) is 0 Å². The Morgan fingerprint density at radius 1 is 1.25 bits per heavy atom. The molecule has 3 aliphatic carbocycles. The fourth-order valence-corrected chi connectivity index (χ4v) is 5.74. The van der Waals surface area contributed by atoms with Crippen LogP contribution in [0, 0.1) is 28.6 Å². The highest BCUT2D eigenvalue weighted by Crippen LogP contribution is 2.74. The van der Waals surface area contributed by atoms with Gasteiger partial charge in [-0.25, -0.2) is 0 Å². The third kappa shape index (κ3) is 1.93. The molecule has 0 aromatic rings. The number of hydrogen-bond donors (Lipinski definition) is 1. The van der Waals surface area contributed by atoms with Gasteiger partial charge >= 0.3 is 5.97 Å². The Kier molecular flexibility index (Phi) is 3.03. The van der Waals surface area contributed by atoms with Crippen LogP contribution < -0.4 is 0 Å². The first kappa shape index (κ1) is 14.4. The van der Waals surface area contributed by atoms with Crippen LogP contribution in [0.25, 0.3) is 0 Å². The number of carbonyl (C=O) groups excluding carboxylic acids is 1. The van der Waals surface area contributed by atoms with Gasteiger partial charge in [0.05, 0.1) is 12.2 Å². The van der Waals surface area contributed by atoms with E-state index >= 15 is 0 Å². The van der Waals surface area contributed by atoms with E-state index in [1.54, 1.807) is 0 Å². The largest absolute Gasteiger partial charge is 0.465 e. The monoisotopic (exact) mass is 280 g/mol. The molecule has 0 saturated heterocycles. The number of rotatable bonds is 2. The SMILES string of the molecule is CC(=O)OC[C@@]12CCC[C@](C)(O)[C@H]1[C@H]1[C@@H](CC2)C1(C)C. The van der Waals surface area contributed by atoms with Crippen LogP contribution in [0.1, 0.15) is 59.8 Å². The lowest BCUT2D eigenvalue weighted by atomic mass is 9.54. The van der Waals surface area contributed by atoms with Crippen LogP contribution in [0.4, 0.5) is 0 Å². The van der Waals surface area contributed by atoms with E-state index in [1.165, 1.54) is 13.3 Å². The third-order valence-corrected chi connectivity index (χ3v) is 6.70. The Labute approximate surface area is 122 Å². The van der Waals surface area contributed by atoms with E-state index in [2.05, 4.69) is 13.8 Å². The van der Waals surface area contributed by atoms with Crippen LogP contribution >= 0.6 is 0 Å². The fourth-order valence-electron chi connectivity index (χ4n) is 5.74. The topological polar surface area (TPSA) is 46.5 Å². The first-order chi connectivity index (χ1) is 9.21. The summed E-state index contributed by atoms with van der Waals surface area (Å²) in [6.07, 6.45) is 5.36. The van der Waals surface area contributed by atoms with E-state index in [4.69, 9.17) is 4.74 Å². The van der Waals surface area contributed by atoms with Crippen LogP contribution in [-0.4, -0.2) is 23.3 Å². The summed E-state index contributed by atoms with van der Waals surface area (Å²) in [5, 5.41) is 11.0. The zero-order valence-electron chi connectivity index (χ0n) is 13.2. The number of hydrogen-bond acceptors (Lipinski definition) is 3. The summed E-state index contributed by atoms with van der Waals surface area (Å²) in [5.74, 6) is 1.45. The van der Waals surface area contributed by atoms with Crippen LogP contribution in [0.15, 0.2) is 0 Å². The molecule has 0 amide bonds. The van der Waals surface area contributed by atoms with Crippen LogP contribution in [-0.2, 0) is 9.53 Å². The van der Waals surface area contributed by atoms with Gasteiger partial charge in [0.1, 0.15) is 0 Å². The maximum Gasteiger partial charge on any atom is 0.302 e. The molecule has 20 heavy (non-hydrogen) atoms. The fraction of sp³-hybridized carbons (Fsp3) is 0.941. The zero-order chi connectivity index (χ0) is 14.8. The molecule has 3 saturated carbocycles. The molecule has 3 rings (SSSR count). The van der Waals surface area contributed by atoms with Crippen molar-refractivity contribution in [2.24, 2.45) is 28.6 Å². The molecule has 3 aliphatic rings. The Bertz CT molecular complexity index is 426. The Hall–Kier alpha value is -0.570. The van der Waals surface area contributed by atoms with Gasteiger partial charge in [-0.2, -0.15) is 0 Å². The maximum absolute atomic E-state index is 11.3. The molecule has 3 nitrogen and oxygen atoms in total. The molecule has 114 valence electrons. The van der Waals surface area contributed by atoms with Gasteiger partial charge in [-0.15, -0.1) is 0 Å². The smallest absolute Gasteiger partial charge is 0.302 e. The van der Waals surface area contributed by atoms with Crippen LogP contribution in [0.2, 0.25) is 0 Å². The van der Waals surface area contributed by atoms with E-state index in [0.717, 1.165) is 31.6 Å². The lowest BCUT2D eigenvalue weighted by molar-refractivity contribution is -0.168. The maximum atomic E-state index is 11.3. The molecular formula is C17H28O3.